The molecule has 2 heterocycles. The van der Waals surface area contributed by atoms with Crippen LogP contribution in [0.2, 0.25) is 0 Å². The van der Waals surface area contributed by atoms with Crippen molar-refractivity contribution in [3.8, 4) is 0 Å². The van der Waals surface area contributed by atoms with Gasteiger partial charge in [0.05, 0.1) is 18.5 Å². The lowest BCUT2D eigenvalue weighted by Crippen LogP contribution is -2.21. The quantitative estimate of drug-likeness (QED) is 0.806. The summed E-state index contributed by atoms with van der Waals surface area (Å²) in [6.07, 6.45) is 3.12. The van der Waals surface area contributed by atoms with E-state index in [0.29, 0.717) is 16.8 Å². The first kappa shape index (κ1) is 11.5. The Labute approximate surface area is 92.1 Å². The molecule has 6 heteroatoms. The van der Waals surface area contributed by atoms with Crippen molar-refractivity contribution < 1.29 is 9.21 Å². The Morgan fingerprint density at radius 1 is 1.53 bits per heavy atom. The van der Waals surface area contributed by atoms with Gasteiger partial charge in [0, 0.05) is 12.3 Å². The average Bonchev–Trinajstić information content (AvgIpc) is 2.66. The molecule has 0 bridgehead atoms. The number of halogens is 1. The summed E-state index contributed by atoms with van der Waals surface area (Å²) >= 11 is 0. The smallest absolute Gasteiger partial charge is 0.238 e. The third kappa shape index (κ3) is 2.26. The fourth-order valence-electron chi connectivity index (χ4n) is 1.17. The Morgan fingerprint density at radius 2 is 2.33 bits per heavy atom. The van der Waals surface area contributed by atoms with E-state index in [-0.39, 0.29) is 24.9 Å². The molecular formula is C9H10ClN3O2. The van der Waals surface area contributed by atoms with Crippen LogP contribution >= 0.6 is 12.4 Å². The van der Waals surface area contributed by atoms with Crippen LogP contribution in [0.3, 0.4) is 0 Å². The molecule has 0 atom stereocenters. The molecule has 15 heavy (non-hydrogen) atoms. The van der Waals surface area contributed by atoms with Crippen LogP contribution in [0.15, 0.2) is 29.0 Å². The molecule has 0 saturated carbocycles. The summed E-state index contributed by atoms with van der Waals surface area (Å²) in [5.74, 6) is -0.256. The number of carbonyl (C=O) groups excluding carboxylic acids is 1. The number of nitrogens with one attached hydrogen (secondary N) is 1. The predicted octanol–water partition coefficient (Wildman–Crippen LogP) is 1.15. The van der Waals surface area contributed by atoms with Crippen LogP contribution in [0.5, 0.6) is 0 Å². The van der Waals surface area contributed by atoms with Crippen LogP contribution in [-0.2, 0) is 4.79 Å². The summed E-state index contributed by atoms with van der Waals surface area (Å²) in [4.78, 5) is 15.1. The highest BCUT2D eigenvalue weighted by molar-refractivity contribution is 5.99. The van der Waals surface area contributed by atoms with Gasteiger partial charge >= 0.3 is 0 Å². The van der Waals surface area contributed by atoms with Gasteiger partial charge in [-0.2, -0.15) is 0 Å². The van der Waals surface area contributed by atoms with E-state index in [4.69, 9.17) is 10.2 Å². The molecule has 0 aliphatic rings. The monoisotopic (exact) mass is 227 g/mol. The maximum absolute atomic E-state index is 11.0. The number of hydrogen-bond acceptors (Lipinski definition) is 4. The molecule has 0 fully saturated rings. The van der Waals surface area contributed by atoms with Gasteiger partial charge in [0.1, 0.15) is 5.52 Å². The third-order valence-electron chi connectivity index (χ3n) is 1.80. The van der Waals surface area contributed by atoms with Crippen molar-refractivity contribution >= 4 is 35.1 Å². The minimum absolute atomic E-state index is 0. The molecule has 3 N–H and O–H groups in total. The largest absolute Gasteiger partial charge is 0.460 e. The second-order valence-corrected chi connectivity index (χ2v) is 2.75. The highest BCUT2D eigenvalue weighted by Crippen LogP contribution is 2.21. The highest BCUT2D eigenvalue weighted by atomic mass is 35.5. The van der Waals surface area contributed by atoms with E-state index < -0.39 is 0 Å². The van der Waals surface area contributed by atoms with E-state index in [9.17, 15) is 4.79 Å². The van der Waals surface area contributed by atoms with Crippen LogP contribution in [0.4, 0.5) is 5.69 Å². The number of hydrogen-bond donors (Lipinski definition) is 2. The number of aromatic nitrogens is 1. The van der Waals surface area contributed by atoms with Crippen molar-refractivity contribution in [2.45, 2.75) is 0 Å². The van der Waals surface area contributed by atoms with E-state index in [2.05, 4.69) is 10.3 Å². The highest BCUT2D eigenvalue weighted by Gasteiger charge is 2.06. The summed E-state index contributed by atoms with van der Waals surface area (Å²) in [5.41, 5.74) is 7.05. The standard InChI is InChI=1S/C9H9N3O2.ClH/c10-5-8(13)12-7-1-3-11-6-2-4-14-9(6)7;/h1-4H,5,10H2,(H,11,12,13);1H. The first-order valence-electron chi connectivity index (χ1n) is 4.13. The molecule has 0 aromatic carbocycles. The molecule has 1 amide bonds. The van der Waals surface area contributed by atoms with E-state index in [1.165, 1.54) is 6.26 Å². The molecule has 0 radical (unpaired) electrons. The molecule has 2 rings (SSSR count). The maximum Gasteiger partial charge on any atom is 0.238 e. The van der Waals surface area contributed by atoms with Gasteiger partial charge in [0.2, 0.25) is 5.91 Å². The third-order valence-corrected chi connectivity index (χ3v) is 1.80. The van der Waals surface area contributed by atoms with Gasteiger partial charge in [-0.25, -0.2) is 0 Å². The zero-order valence-corrected chi connectivity index (χ0v) is 8.58. The Balaban J connectivity index is 0.00000112. The zero-order valence-electron chi connectivity index (χ0n) is 7.77. The molecule has 5 nitrogen and oxygen atoms in total. The molecule has 0 aliphatic carbocycles. The number of rotatable bonds is 2. The predicted molar refractivity (Wildman–Crippen MR) is 58.9 cm³/mol. The number of nitrogens with two attached hydrogens (primary N) is 1. The van der Waals surface area contributed by atoms with E-state index in [1.54, 1.807) is 18.3 Å². The molecular weight excluding hydrogens is 218 g/mol. The minimum Gasteiger partial charge on any atom is -0.460 e. The summed E-state index contributed by atoms with van der Waals surface area (Å²) in [5, 5.41) is 2.62. The number of pyridine rings is 1. The molecule has 0 spiro atoms. The van der Waals surface area contributed by atoms with Crippen molar-refractivity contribution in [2.24, 2.45) is 5.73 Å². The lowest BCUT2D eigenvalue weighted by atomic mass is 10.3. The van der Waals surface area contributed by atoms with Crippen LogP contribution in [0.1, 0.15) is 0 Å². The number of fused-ring (bicyclic) bond motifs is 1. The average molecular weight is 228 g/mol. The van der Waals surface area contributed by atoms with Crippen molar-refractivity contribution in [3.05, 3.63) is 24.6 Å². The Bertz CT molecular complexity index is 469. The lowest BCUT2D eigenvalue weighted by molar-refractivity contribution is -0.114. The molecule has 80 valence electrons. The Kier molecular flexibility index (Phi) is 3.65. The van der Waals surface area contributed by atoms with Gasteiger partial charge in [-0.05, 0) is 6.07 Å². The van der Waals surface area contributed by atoms with E-state index in [1.807, 2.05) is 0 Å². The molecule has 2 aromatic heterocycles. The van der Waals surface area contributed by atoms with Gasteiger partial charge in [-0.1, -0.05) is 0 Å². The maximum atomic E-state index is 11.0. The second kappa shape index (κ2) is 4.77. The fraction of sp³-hybridized carbons (Fsp3) is 0.111. The number of nitrogens with zero attached hydrogens (tertiary/aromatic N) is 1. The van der Waals surface area contributed by atoms with Crippen LogP contribution in [0, 0.1) is 0 Å². The summed E-state index contributed by atoms with van der Waals surface area (Å²) in [6.45, 7) is -0.0511. The zero-order chi connectivity index (χ0) is 9.97. The Hall–Kier alpha value is -1.59. The first-order valence-corrected chi connectivity index (χ1v) is 4.13. The van der Waals surface area contributed by atoms with Crippen molar-refractivity contribution in [1.82, 2.24) is 4.98 Å². The number of furan rings is 1. The van der Waals surface area contributed by atoms with Crippen LogP contribution in [-0.4, -0.2) is 17.4 Å². The molecule has 0 unspecified atom stereocenters. The van der Waals surface area contributed by atoms with Gasteiger partial charge in [0.25, 0.3) is 0 Å². The summed E-state index contributed by atoms with van der Waals surface area (Å²) in [6, 6.07) is 3.40. The van der Waals surface area contributed by atoms with Crippen molar-refractivity contribution in [1.29, 1.82) is 0 Å². The number of anilines is 1. The van der Waals surface area contributed by atoms with Crippen molar-refractivity contribution in [3.63, 3.8) is 0 Å². The van der Waals surface area contributed by atoms with Crippen LogP contribution in [0.25, 0.3) is 11.1 Å². The van der Waals surface area contributed by atoms with Gasteiger partial charge in [0.15, 0.2) is 5.58 Å². The number of amides is 1. The Morgan fingerprint density at radius 3 is 3.07 bits per heavy atom. The topological polar surface area (TPSA) is 81.2 Å². The molecule has 0 saturated heterocycles. The van der Waals surface area contributed by atoms with E-state index in [0.717, 1.165) is 0 Å². The van der Waals surface area contributed by atoms with Crippen LogP contribution < -0.4 is 11.1 Å². The summed E-state index contributed by atoms with van der Waals surface area (Å²) < 4.78 is 5.18. The van der Waals surface area contributed by atoms with Crippen molar-refractivity contribution in [2.75, 3.05) is 11.9 Å². The normalized spacial score (nSPS) is 9.67. The van der Waals surface area contributed by atoms with Gasteiger partial charge in [-0.3, -0.25) is 9.78 Å². The summed E-state index contributed by atoms with van der Waals surface area (Å²) in [7, 11) is 0. The first-order chi connectivity index (χ1) is 6.81. The molecule has 2 aromatic rings. The SMILES string of the molecule is Cl.NCC(=O)Nc1ccnc2ccoc12. The number of carbonyl (C=O) groups is 1. The van der Waals surface area contributed by atoms with Gasteiger partial charge in [-0.15, -0.1) is 12.4 Å². The second-order valence-electron chi connectivity index (χ2n) is 2.75. The lowest BCUT2D eigenvalue weighted by Gasteiger charge is -2.02. The fourth-order valence-corrected chi connectivity index (χ4v) is 1.17. The van der Waals surface area contributed by atoms with E-state index >= 15 is 0 Å². The van der Waals surface area contributed by atoms with Gasteiger partial charge < -0.3 is 15.5 Å². The molecule has 0 aliphatic heterocycles. The minimum atomic E-state index is -0.256.